The lowest BCUT2D eigenvalue weighted by atomic mass is 9.53. The summed E-state index contributed by atoms with van der Waals surface area (Å²) in [5.74, 6) is 2.98. The van der Waals surface area contributed by atoms with Gasteiger partial charge in [0.25, 0.3) is 0 Å². The molecule has 1 N–H and O–H groups in total. The first-order valence-electron chi connectivity index (χ1n) is 8.03. The van der Waals surface area contributed by atoms with Gasteiger partial charge in [-0.25, -0.2) is 0 Å². The van der Waals surface area contributed by atoms with Crippen molar-refractivity contribution in [2.45, 2.75) is 56.9 Å². The molecule has 4 fully saturated rings. The van der Waals surface area contributed by atoms with Gasteiger partial charge in [0.1, 0.15) is 0 Å². The summed E-state index contributed by atoms with van der Waals surface area (Å²) in [5.41, 5.74) is 1.48. The fourth-order valence-corrected chi connectivity index (χ4v) is 6.02. The number of rotatable bonds is 4. The smallest absolute Gasteiger partial charge is 0.220 e. The van der Waals surface area contributed by atoms with E-state index >= 15 is 0 Å². The summed E-state index contributed by atoms with van der Waals surface area (Å²) in [4.78, 5) is 12.3. The van der Waals surface area contributed by atoms with Crippen LogP contribution in [0.1, 0.15) is 50.5 Å². The van der Waals surface area contributed by atoms with E-state index in [4.69, 9.17) is 0 Å². The van der Waals surface area contributed by atoms with Gasteiger partial charge in [-0.3, -0.25) is 4.79 Å². The molecule has 4 aliphatic rings. The molecule has 3 heteroatoms. The van der Waals surface area contributed by atoms with E-state index in [1.54, 1.807) is 11.3 Å². The fraction of sp³-hybridized carbons (Fsp3) is 0.706. The number of carbonyl (C=O) groups excluding carboxylic acids is 1. The van der Waals surface area contributed by atoms with Crippen LogP contribution in [0.25, 0.3) is 0 Å². The normalized spacial score (nSPS) is 38.1. The maximum absolute atomic E-state index is 12.3. The zero-order chi connectivity index (χ0) is 13.6. The largest absolute Gasteiger partial charge is 0.351 e. The second-order valence-corrected chi connectivity index (χ2v) is 8.16. The minimum Gasteiger partial charge on any atom is -0.351 e. The number of nitrogens with one attached hydrogen (secondary N) is 1. The van der Waals surface area contributed by atoms with Crippen molar-refractivity contribution in [2.24, 2.45) is 17.8 Å². The molecule has 2 nitrogen and oxygen atoms in total. The highest BCUT2D eigenvalue weighted by Crippen LogP contribution is 2.55. The number of hydrogen-bond donors (Lipinski definition) is 1. The van der Waals surface area contributed by atoms with Gasteiger partial charge in [0.05, 0.1) is 0 Å². The SMILES string of the molecule is O=C(CCc1ccsc1)NC12CC3CC(CC(C3)C1)C2. The summed E-state index contributed by atoms with van der Waals surface area (Å²) in [5, 5.41) is 7.69. The molecular weight excluding hydrogens is 266 g/mol. The average Bonchev–Trinajstić information content (AvgIpc) is 2.87. The summed E-state index contributed by atoms with van der Waals surface area (Å²) in [7, 11) is 0. The lowest BCUT2D eigenvalue weighted by Gasteiger charge is -2.56. The third-order valence-corrected chi connectivity index (χ3v) is 6.40. The van der Waals surface area contributed by atoms with E-state index in [0.717, 1.165) is 24.2 Å². The monoisotopic (exact) mass is 289 g/mol. The van der Waals surface area contributed by atoms with Crippen molar-refractivity contribution < 1.29 is 4.79 Å². The number of aryl methyl sites for hydroxylation is 1. The molecule has 0 spiro atoms. The Labute approximate surface area is 125 Å². The standard InChI is InChI=1S/C17H23NOS/c19-16(2-1-12-3-4-20-11-12)18-17-8-13-5-14(9-17)7-15(6-13)10-17/h3-4,11,13-15H,1-2,5-10H2,(H,18,19). The van der Waals surface area contributed by atoms with Crippen molar-refractivity contribution >= 4 is 17.2 Å². The Morgan fingerprint density at radius 3 is 2.40 bits per heavy atom. The Bertz CT molecular complexity index is 458. The first-order chi connectivity index (χ1) is 9.71. The van der Waals surface area contributed by atoms with Crippen molar-refractivity contribution in [1.82, 2.24) is 5.32 Å². The molecule has 0 saturated heterocycles. The zero-order valence-corrected chi connectivity index (χ0v) is 12.8. The predicted molar refractivity (Wildman–Crippen MR) is 81.7 cm³/mol. The quantitative estimate of drug-likeness (QED) is 0.898. The molecule has 20 heavy (non-hydrogen) atoms. The van der Waals surface area contributed by atoms with E-state index in [-0.39, 0.29) is 11.4 Å². The van der Waals surface area contributed by atoms with Crippen molar-refractivity contribution in [3.63, 3.8) is 0 Å². The first kappa shape index (κ1) is 12.9. The van der Waals surface area contributed by atoms with Crippen LogP contribution in [0.15, 0.2) is 16.8 Å². The molecule has 1 aromatic heterocycles. The first-order valence-corrected chi connectivity index (χ1v) is 8.97. The molecule has 108 valence electrons. The molecule has 4 bridgehead atoms. The van der Waals surface area contributed by atoms with Gasteiger partial charge >= 0.3 is 0 Å². The molecule has 1 amide bonds. The fourth-order valence-electron chi connectivity index (χ4n) is 5.31. The second-order valence-electron chi connectivity index (χ2n) is 7.38. The zero-order valence-electron chi connectivity index (χ0n) is 11.9. The maximum Gasteiger partial charge on any atom is 0.220 e. The molecule has 0 aromatic carbocycles. The lowest BCUT2D eigenvalue weighted by molar-refractivity contribution is -0.126. The molecule has 5 rings (SSSR count). The molecule has 4 aliphatic carbocycles. The van der Waals surface area contributed by atoms with Crippen LogP contribution in [0.2, 0.25) is 0 Å². The summed E-state index contributed by atoms with van der Waals surface area (Å²) >= 11 is 1.71. The van der Waals surface area contributed by atoms with Gasteiger partial charge in [0.15, 0.2) is 0 Å². The molecule has 0 atom stereocenters. The minimum absolute atomic E-state index is 0.181. The van der Waals surface area contributed by atoms with E-state index in [9.17, 15) is 4.79 Å². The van der Waals surface area contributed by atoms with Gasteiger partial charge in [-0.05, 0) is 85.1 Å². The number of carbonyl (C=O) groups is 1. The van der Waals surface area contributed by atoms with Crippen LogP contribution in [0.4, 0.5) is 0 Å². The van der Waals surface area contributed by atoms with Crippen molar-refractivity contribution in [2.75, 3.05) is 0 Å². The topological polar surface area (TPSA) is 29.1 Å². The Morgan fingerprint density at radius 1 is 1.20 bits per heavy atom. The van der Waals surface area contributed by atoms with E-state index < -0.39 is 0 Å². The number of hydrogen-bond acceptors (Lipinski definition) is 2. The third-order valence-electron chi connectivity index (χ3n) is 5.66. The maximum atomic E-state index is 12.3. The van der Waals surface area contributed by atoms with Crippen molar-refractivity contribution in [1.29, 1.82) is 0 Å². The highest BCUT2D eigenvalue weighted by molar-refractivity contribution is 7.07. The van der Waals surface area contributed by atoms with E-state index in [1.807, 2.05) is 0 Å². The summed E-state index contributed by atoms with van der Waals surface area (Å²) in [6.07, 6.45) is 9.60. The Morgan fingerprint density at radius 2 is 1.85 bits per heavy atom. The molecule has 1 heterocycles. The lowest BCUT2D eigenvalue weighted by Crippen LogP contribution is -2.59. The van der Waals surface area contributed by atoms with Gasteiger partial charge in [-0.2, -0.15) is 11.3 Å². The van der Waals surface area contributed by atoms with Gasteiger partial charge in [-0.15, -0.1) is 0 Å². The highest BCUT2D eigenvalue weighted by atomic mass is 32.1. The summed E-state index contributed by atoms with van der Waals surface area (Å²) in [6, 6.07) is 2.13. The highest BCUT2D eigenvalue weighted by Gasteiger charge is 2.51. The van der Waals surface area contributed by atoms with Crippen molar-refractivity contribution in [3.05, 3.63) is 22.4 Å². The molecule has 0 aliphatic heterocycles. The third kappa shape index (κ3) is 2.41. The van der Waals surface area contributed by atoms with E-state index in [0.29, 0.717) is 6.42 Å². The van der Waals surface area contributed by atoms with E-state index in [1.165, 1.54) is 44.1 Å². The average molecular weight is 289 g/mol. The van der Waals surface area contributed by atoms with Crippen LogP contribution in [0.5, 0.6) is 0 Å². The van der Waals surface area contributed by atoms with Gasteiger partial charge in [0, 0.05) is 12.0 Å². The summed E-state index contributed by atoms with van der Waals surface area (Å²) < 4.78 is 0. The van der Waals surface area contributed by atoms with Gasteiger partial charge in [0.2, 0.25) is 5.91 Å². The molecule has 0 radical (unpaired) electrons. The number of amides is 1. The summed E-state index contributed by atoms with van der Waals surface area (Å²) in [6.45, 7) is 0. The Balaban J connectivity index is 1.37. The Kier molecular flexibility index (Phi) is 3.13. The van der Waals surface area contributed by atoms with Gasteiger partial charge < -0.3 is 5.32 Å². The van der Waals surface area contributed by atoms with Gasteiger partial charge in [-0.1, -0.05) is 0 Å². The molecule has 0 unspecified atom stereocenters. The minimum atomic E-state index is 0.181. The molecule has 1 aromatic rings. The molecular formula is C17H23NOS. The van der Waals surface area contributed by atoms with Crippen LogP contribution in [0, 0.1) is 17.8 Å². The Hall–Kier alpha value is -0.830. The van der Waals surface area contributed by atoms with Crippen molar-refractivity contribution in [3.8, 4) is 0 Å². The predicted octanol–water partition coefficient (Wildman–Crippen LogP) is 3.77. The second kappa shape index (κ2) is 4.87. The van der Waals surface area contributed by atoms with Crippen LogP contribution >= 0.6 is 11.3 Å². The van der Waals surface area contributed by atoms with Crippen LogP contribution in [0.3, 0.4) is 0 Å². The number of thiophene rings is 1. The van der Waals surface area contributed by atoms with E-state index in [2.05, 4.69) is 22.1 Å². The van der Waals surface area contributed by atoms with Crippen LogP contribution in [-0.2, 0) is 11.2 Å². The van der Waals surface area contributed by atoms with Crippen LogP contribution in [-0.4, -0.2) is 11.4 Å². The van der Waals surface area contributed by atoms with Crippen LogP contribution < -0.4 is 5.32 Å². The molecule has 4 saturated carbocycles.